The zero-order valence-corrected chi connectivity index (χ0v) is 13.1. The van der Waals surface area contributed by atoms with Gasteiger partial charge in [-0.25, -0.2) is 0 Å². The van der Waals surface area contributed by atoms with Crippen molar-refractivity contribution in [2.75, 3.05) is 40.8 Å². The molecule has 3 nitrogen and oxygen atoms in total. The molecule has 0 aromatic rings. The van der Waals surface area contributed by atoms with Crippen molar-refractivity contribution in [3.05, 3.63) is 0 Å². The van der Waals surface area contributed by atoms with Gasteiger partial charge in [-0.3, -0.25) is 0 Å². The van der Waals surface area contributed by atoms with E-state index in [1.165, 1.54) is 38.8 Å². The zero-order chi connectivity index (χ0) is 13.5. The van der Waals surface area contributed by atoms with Crippen LogP contribution in [0.25, 0.3) is 0 Å². The maximum absolute atomic E-state index is 3.68. The van der Waals surface area contributed by atoms with Gasteiger partial charge >= 0.3 is 0 Å². The molecule has 0 saturated heterocycles. The summed E-state index contributed by atoms with van der Waals surface area (Å²) in [6.07, 6.45) is 5.36. The zero-order valence-electron chi connectivity index (χ0n) is 13.1. The molecule has 1 saturated carbocycles. The molecule has 0 amide bonds. The van der Waals surface area contributed by atoms with Crippen molar-refractivity contribution in [3.63, 3.8) is 0 Å². The van der Waals surface area contributed by atoms with Crippen LogP contribution in [0.5, 0.6) is 0 Å². The van der Waals surface area contributed by atoms with E-state index in [2.05, 4.69) is 50.1 Å². The Kier molecular flexibility index (Phi) is 7.20. The Hall–Kier alpha value is -0.120. The van der Waals surface area contributed by atoms with Crippen LogP contribution in [0.4, 0.5) is 0 Å². The minimum atomic E-state index is 0.704. The maximum atomic E-state index is 3.68. The highest BCUT2D eigenvalue weighted by Crippen LogP contribution is 2.27. The molecule has 3 unspecified atom stereocenters. The highest BCUT2D eigenvalue weighted by Gasteiger charge is 2.30. The summed E-state index contributed by atoms with van der Waals surface area (Å²) in [5.41, 5.74) is 0. The monoisotopic (exact) mass is 255 g/mol. The summed E-state index contributed by atoms with van der Waals surface area (Å²) in [7, 11) is 6.62. The largest absolute Gasteiger partial charge is 0.313 e. The number of likely N-dealkylation sites (N-methyl/N-ethyl adjacent to an activating group) is 2. The Morgan fingerprint density at radius 3 is 2.44 bits per heavy atom. The van der Waals surface area contributed by atoms with Crippen molar-refractivity contribution in [2.24, 2.45) is 5.92 Å². The fraction of sp³-hybridized carbons (Fsp3) is 1.00. The minimum absolute atomic E-state index is 0.704. The first-order valence-corrected chi connectivity index (χ1v) is 7.63. The number of nitrogens with zero attached hydrogens (tertiary/aromatic N) is 2. The molecular weight excluding hydrogens is 222 g/mol. The third-order valence-corrected chi connectivity index (χ3v) is 4.23. The van der Waals surface area contributed by atoms with Crippen LogP contribution >= 0.6 is 0 Å². The number of hydrogen-bond donors (Lipinski definition) is 1. The van der Waals surface area contributed by atoms with Gasteiger partial charge in [0.15, 0.2) is 0 Å². The molecule has 1 N–H and O–H groups in total. The lowest BCUT2D eigenvalue weighted by molar-refractivity contribution is 0.122. The van der Waals surface area contributed by atoms with E-state index in [9.17, 15) is 0 Å². The lowest BCUT2D eigenvalue weighted by Gasteiger charge is -2.41. The van der Waals surface area contributed by atoms with Crippen molar-refractivity contribution in [1.29, 1.82) is 0 Å². The van der Waals surface area contributed by atoms with Gasteiger partial charge in [-0.2, -0.15) is 0 Å². The predicted octanol–water partition coefficient (Wildman–Crippen LogP) is 2.04. The van der Waals surface area contributed by atoms with Crippen LogP contribution in [0.1, 0.15) is 39.5 Å². The van der Waals surface area contributed by atoms with Crippen molar-refractivity contribution >= 4 is 0 Å². The lowest BCUT2D eigenvalue weighted by Crippen LogP contribution is -2.52. The van der Waals surface area contributed by atoms with Gasteiger partial charge in [0.25, 0.3) is 0 Å². The van der Waals surface area contributed by atoms with Crippen LogP contribution in [0.15, 0.2) is 0 Å². The van der Waals surface area contributed by atoms with Crippen LogP contribution in [0.3, 0.4) is 0 Å². The number of nitrogens with one attached hydrogen (secondary N) is 1. The molecule has 3 atom stereocenters. The van der Waals surface area contributed by atoms with Gasteiger partial charge in [-0.15, -0.1) is 0 Å². The summed E-state index contributed by atoms with van der Waals surface area (Å²) in [6, 6.07) is 1.44. The third kappa shape index (κ3) is 5.25. The summed E-state index contributed by atoms with van der Waals surface area (Å²) < 4.78 is 0. The highest BCUT2D eigenvalue weighted by atomic mass is 15.2. The summed E-state index contributed by atoms with van der Waals surface area (Å²) in [5.74, 6) is 0.890. The van der Waals surface area contributed by atoms with Gasteiger partial charge in [-0.1, -0.05) is 13.8 Å². The number of rotatable bonds is 7. The molecule has 0 heterocycles. The summed E-state index contributed by atoms with van der Waals surface area (Å²) in [4.78, 5) is 4.87. The molecule has 0 spiro atoms. The van der Waals surface area contributed by atoms with E-state index in [1.807, 2.05) is 0 Å². The van der Waals surface area contributed by atoms with Crippen LogP contribution in [-0.4, -0.2) is 62.7 Å². The van der Waals surface area contributed by atoms with Crippen LogP contribution in [-0.2, 0) is 0 Å². The van der Waals surface area contributed by atoms with E-state index in [0.717, 1.165) is 18.5 Å². The molecule has 18 heavy (non-hydrogen) atoms. The maximum Gasteiger partial charge on any atom is 0.0248 e. The summed E-state index contributed by atoms with van der Waals surface area (Å²) in [6.45, 7) is 8.14. The molecule has 108 valence electrons. The van der Waals surface area contributed by atoms with Gasteiger partial charge in [0.05, 0.1) is 0 Å². The second kappa shape index (κ2) is 8.13. The Morgan fingerprint density at radius 2 is 1.83 bits per heavy atom. The van der Waals surface area contributed by atoms with Crippen molar-refractivity contribution < 1.29 is 0 Å². The first-order valence-electron chi connectivity index (χ1n) is 7.63. The fourth-order valence-corrected chi connectivity index (χ4v) is 3.14. The molecule has 0 aromatic heterocycles. The first kappa shape index (κ1) is 15.9. The van der Waals surface area contributed by atoms with Gasteiger partial charge in [0, 0.05) is 12.1 Å². The predicted molar refractivity (Wildman–Crippen MR) is 80.1 cm³/mol. The Morgan fingerprint density at radius 1 is 1.11 bits per heavy atom. The second-order valence-electron chi connectivity index (χ2n) is 6.29. The number of hydrogen-bond acceptors (Lipinski definition) is 3. The average molecular weight is 255 g/mol. The van der Waals surface area contributed by atoms with E-state index in [0.29, 0.717) is 6.04 Å². The third-order valence-electron chi connectivity index (χ3n) is 4.23. The normalized spacial score (nSPS) is 29.2. The quantitative estimate of drug-likeness (QED) is 0.751. The molecule has 1 aliphatic rings. The molecule has 0 aliphatic heterocycles. The molecule has 0 radical (unpaired) electrons. The lowest BCUT2D eigenvalue weighted by atomic mass is 9.82. The highest BCUT2D eigenvalue weighted by molar-refractivity contribution is 4.89. The van der Waals surface area contributed by atoms with E-state index in [4.69, 9.17) is 0 Å². The fourth-order valence-electron chi connectivity index (χ4n) is 3.14. The van der Waals surface area contributed by atoms with E-state index in [1.54, 1.807) is 0 Å². The summed E-state index contributed by atoms with van der Waals surface area (Å²) >= 11 is 0. The average Bonchev–Trinajstić information content (AvgIpc) is 2.31. The van der Waals surface area contributed by atoms with E-state index >= 15 is 0 Å². The summed E-state index contributed by atoms with van der Waals surface area (Å²) in [5, 5.41) is 3.68. The smallest absolute Gasteiger partial charge is 0.0248 e. The SMILES string of the molecule is CCNC1CCC(C)CC1N(C)CCCN(C)C. The molecular formula is C15H33N3. The van der Waals surface area contributed by atoms with Crippen molar-refractivity contribution in [3.8, 4) is 0 Å². The minimum Gasteiger partial charge on any atom is -0.313 e. The van der Waals surface area contributed by atoms with Gasteiger partial charge in [-0.05, 0) is 72.4 Å². The molecule has 1 rings (SSSR count). The standard InChI is InChI=1S/C15H33N3/c1-6-16-14-9-8-13(2)12-15(14)18(5)11-7-10-17(3)4/h13-16H,6-12H2,1-5H3. The molecule has 0 aromatic carbocycles. The second-order valence-corrected chi connectivity index (χ2v) is 6.29. The van der Waals surface area contributed by atoms with Crippen LogP contribution in [0, 0.1) is 5.92 Å². The van der Waals surface area contributed by atoms with Crippen LogP contribution < -0.4 is 5.32 Å². The van der Waals surface area contributed by atoms with E-state index in [-0.39, 0.29) is 0 Å². The Labute approximate surface area is 114 Å². The van der Waals surface area contributed by atoms with Crippen LogP contribution in [0.2, 0.25) is 0 Å². The Balaban J connectivity index is 2.42. The Bertz CT molecular complexity index is 218. The van der Waals surface area contributed by atoms with Crippen molar-refractivity contribution in [2.45, 2.75) is 51.6 Å². The topological polar surface area (TPSA) is 18.5 Å². The first-order chi connectivity index (χ1) is 8.54. The van der Waals surface area contributed by atoms with Gasteiger partial charge in [0.1, 0.15) is 0 Å². The van der Waals surface area contributed by atoms with E-state index < -0.39 is 0 Å². The molecule has 1 fully saturated rings. The van der Waals surface area contributed by atoms with Gasteiger partial charge < -0.3 is 15.1 Å². The van der Waals surface area contributed by atoms with Gasteiger partial charge in [0.2, 0.25) is 0 Å². The van der Waals surface area contributed by atoms with Crippen molar-refractivity contribution in [1.82, 2.24) is 15.1 Å². The molecule has 0 bridgehead atoms. The molecule has 1 aliphatic carbocycles. The molecule has 3 heteroatoms.